The van der Waals surface area contributed by atoms with Crippen LogP contribution in [0, 0.1) is 0 Å². The average molecular weight is 290 g/mol. The number of methoxy groups -OCH3 is 1. The largest absolute Gasteiger partial charge is 0.494 e. The number of carbonyl (C=O) groups excluding carboxylic acids is 1. The fourth-order valence-electron chi connectivity index (χ4n) is 1.98. The highest BCUT2D eigenvalue weighted by molar-refractivity contribution is 5.97. The van der Waals surface area contributed by atoms with Gasteiger partial charge in [-0.25, -0.2) is 0 Å². The summed E-state index contributed by atoms with van der Waals surface area (Å²) in [6.07, 6.45) is 1.42. The van der Waals surface area contributed by atoms with Gasteiger partial charge >= 0.3 is 0 Å². The van der Waals surface area contributed by atoms with E-state index in [1.54, 1.807) is 25.3 Å². The number of benzene rings is 1. The molecule has 6 nitrogen and oxygen atoms in total. The Balaban J connectivity index is 2.35. The van der Waals surface area contributed by atoms with Crippen LogP contribution >= 0.6 is 0 Å². The average Bonchev–Trinajstić information content (AvgIpc) is 2.48. The van der Waals surface area contributed by atoms with Crippen molar-refractivity contribution in [2.24, 2.45) is 0 Å². The third-order valence-electron chi connectivity index (χ3n) is 3.00. The summed E-state index contributed by atoms with van der Waals surface area (Å²) in [5.41, 5.74) is 0.421. The highest BCUT2D eigenvalue weighted by Crippen LogP contribution is 2.17. The quantitative estimate of drug-likeness (QED) is 0.786. The molecule has 1 aromatic heterocycles. The maximum absolute atomic E-state index is 12.4. The SMILES string of the molecule is CCOc1ccc2[nH]cc(C(=O)NCCOC)c(=O)c2c1. The van der Waals surface area contributed by atoms with Gasteiger partial charge in [-0.05, 0) is 25.1 Å². The van der Waals surface area contributed by atoms with E-state index in [0.717, 1.165) is 0 Å². The minimum absolute atomic E-state index is 0.0762. The van der Waals surface area contributed by atoms with Crippen LogP contribution in [-0.4, -0.2) is 37.8 Å². The molecule has 0 saturated carbocycles. The maximum atomic E-state index is 12.4. The Hall–Kier alpha value is -2.34. The summed E-state index contributed by atoms with van der Waals surface area (Å²) < 4.78 is 10.2. The summed E-state index contributed by atoms with van der Waals surface area (Å²) in [5.74, 6) is 0.185. The van der Waals surface area contributed by atoms with Crippen molar-refractivity contribution in [3.8, 4) is 5.75 Å². The minimum Gasteiger partial charge on any atom is -0.494 e. The van der Waals surface area contributed by atoms with Gasteiger partial charge < -0.3 is 19.8 Å². The number of hydrogen-bond acceptors (Lipinski definition) is 4. The van der Waals surface area contributed by atoms with E-state index >= 15 is 0 Å². The first-order valence-corrected chi connectivity index (χ1v) is 6.72. The van der Waals surface area contributed by atoms with Gasteiger partial charge in [-0.1, -0.05) is 0 Å². The van der Waals surface area contributed by atoms with Crippen LogP contribution in [-0.2, 0) is 4.74 Å². The molecule has 1 heterocycles. The number of H-pyrrole nitrogens is 1. The normalized spacial score (nSPS) is 10.6. The molecule has 0 unspecified atom stereocenters. The van der Waals surface area contributed by atoms with Gasteiger partial charge in [-0.2, -0.15) is 0 Å². The van der Waals surface area contributed by atoms with Crippen LogP contribution in [0.2, 0.25) is 0 Å². The van der Waals surface area contributed by atoms with E-state index in [1.165, 1.54) is 6.20 Å². The molecule has 21 heavy (non-hydrogen) atoms. The summed E-state index contributed by atoms with van der Waals surface area (Å²) >= 11 is 0. The van der Waals surface area contributed by atoms with E-state index < -0.39 is 5.91 Å². The molecule has 2 N–H and O–H groups in total. The Kier molecular flexibility index (Phi) is 4.94. The van der Waals surface area contributed by atoms with E-state index in [2.05, 4.69) is 10.3 Å². The molecule has 1 amide bonds. The molecule has 0 aliphatic rings. The third-order valence-corrected chi connectivity index (χ3v) is 3.00. The lowest BCUT2D eigenvalue weighted by molar-refractivity contribution is 0.0936. The van der Waals surface area contributed by atoms with Crippen molar-refractivity contribution >= 4 is 16.8 Å². The fourth-order valence-corrected chi connectivity index (χ4v) is 1.98. The molecule has 0 atom stereocenters. The van der Waals surface area contributed by atoms with Gasteiger partial charge in [0.25, 0.3) is 5.91 Å². The minimum atomic E-state index is -0.419. The molecule has 0 bridgehead atoms. The van der Waals surface area contributed by atoms with Crippen LogP contribution in [0.5, 0.6) is 5.75 Å². The van der Waals surface area contributed by atoms with E-state index in [1.807, 2.05) is 6.92 Å². The second-order valence-electron chi connectivity index (χ2n) is 4.42. The highest BCUT2D eigenvalue weighted by atomic mass is 16.5. The van der Waals surface area contributed by atoms with E-state index in [9.17, 15) is 9.59 Å². The number of rotatable bonds is 6. The molecule has 0 spiro atoms. The van der Waals surface area contributed by atoms with Crippen molar-refractivity contribution in [3.05, 3.63) is 40.2 Å². The van der Waals surface area contributed by atoms with E-state index in [4.69, 9.17) is 9.47 Å². The molecular weight excluding hydrogens is 272 g/mol. The summed E-state index contributed by atoms with van der Waals surface area (Å²) in [6.45, 7) is 3.13. The predicted octanol–water partition coefficient (Wildman–Crippen LogP) is 1.30. The Morgan fingerprint density at radius 2 is 2.19 bits per heavy atom. The molecule has 0 fully saturated rings. The summed E-state index contributed by atoms with van der Waals surface area (Å²) in [6, 6.07) is 5.18. The topological polar surface area (TPSA) is 80.4 Å². The van der Waals surface area contributed by atoms with Gasteiger partial charge in [0.05, 0.1) is 13.2 Å². The molecule has 0 aliphatic carbocycles. The van der Waals surface area contributed by atoms with E-state index in [-0.39, 0.29) is 11.0 Å². The lowest BCUT2D eigenvalue weighted by atomic mass is 10.1. The molecule has 2 aromatic rings. The number of aromatic nitrogens is 1. The standard InChI is InChI=1S/C15H18N2O4/c1-3-21-10-4-5-13-11(8-10)14(18)12(9-17-13)15(19)16-6-7-20-2/h4-5,8-9H,3,6-7H2,1-2H3,(H,16,19)(H,17,18). The van der Waals surface area contributed by atoms with Crippen molar-refractivity contribution in [1.29, 1.82) is 0 Å². The zero-order valence-electron chi connectivity index (χ0n) is 12.1. The maximum Gasteiger partial charge on any atom is 0.256 e. The Morgan fingerprint density at radius 1 is 1.38 bits per heavy atom. The molecule has 0 aliphatic heterocycles. The highest BCUT2D eigenvalue weighted by Gasteiger charge is 2.13. The zero-order valence-corrected chi connectivity index (χ0v) is 12.1. The Bertz CT molecular complexity index is 694. The van der Waals surface area contributed by atoms with Gasteiger partial charge in [-0.15, -0.1) is 0 Å². The second kappa shape index (κ2) is 6.90. The lowest BCUT2D eigenvalue weighted by Gasteiger charge is -2.07. The second-order valence-corrected chi connectivity index (χ2v) is 4.42. The van der Waals surface area contributed by atoms with Gasteiger partial charge in [0.1, 0.15) is 11.3 Å². The number of pyridine rings is 1. The van der Waals surface area contributed by atoms with Gasteiger partial charge in [-0.3, -0.25) is 9.59 Å². The van der Waals surface area contributed by atoms with Gasteiger partial charge in [0, 0.05) is 30.8 Å². The van der Waals surface area contributed by atoms with Crippen LogP contribution in [0.4, 0.5) is 0 Å². The van der Waals surface area contributed by atoms with Crippen LogP contribution in [0.3, 0.4) is 0 Å². The molecule has 0 radical (unpaired) electrons. The molecule has 112 valence electrons. The Morgan fingerprint density at radius 3 is 2.90 bits per heavy atom. The van der Waals surface area contributed by atoms with Gasteiger partial charge in [0.15, 0.2) is 0 Å². The summed E-state index contributed by atoms with van der Waals surface area (Å²) in [5, 5.41) is 3.06. The van der Waals surface area contributed by atoms with Crippen molar-refractivity contribution in [3.63, 3.8) is 0 Å². The van der Waals surface area contributed by atoms with E-state index in [0.29, 0.717) is 36.4 Å². The summed E-state index contributed by atoms with van der Waals surface area (Å²) in [7, 11) is 1.55. The number of aromatic amines is 1. The zero-order chi connectivity index (χ0) is 15.2. The fraction of sp³-hybridized carbons (Fsp3) is 0.333. The smallest absolute Gasteiger partial charge is 0.256 e. The monoisotopic (exact) mass is 290 g/mol. The Labute approximate surface area is 122 Å². The third kappa shape index (κ3) is 3.41. The molecule has 2 rings (SSSR count). The predicted molar refractivity (Wildman–Crippen MR) is 79.9 cm³/mol. The summed E-state index contributed by atoms with van der Waals surface area (Å²) in [4.78, 5) is 27.3. The number of hydrogen-bond donors (Lipinski definition) is 2. The number of carbonyl (C=O) groups is 1. The molecular formula is C15H18N2O4. The van der Waals surface area contributed by atoms with Crippen molar-refractivity contribution in [1.82, 2.24) is 10.3 Å². The number of ether oxygens (including phenoxy) is 2. The first kappa shape index (κ1) is 15.1. The van der Waals surface area contributed by atoms with Gasteiger partial charge in [0.2, 0.25) is 5.43 Å². The first-order chi connectivity index (χ1) is 10.2. The molecule has 6 heteroatoms. The van der Waals surface area contributed by atoms with Crippen LogP contribution in [0.15, 0.2) is 29.2 Å². The molecule has 1 aromatic carbocycles. The van der Waals surface area contributed by atoms with Crippen molar-refractivity contribution in [2.45, 2.75) is 6.92 Å². The van der Waals surface area contributed by atoms with Crippen LogP contribution in [0.1, 0.15) is 17.3 Å². The van der Waals surface area contributed by atoms with Crippen molar-refractivity contribution < 1.29 is 14.3 Å². The molecule has 0 saturated heterocycles. The van der Waals surface area contributed by atoms with Crippen molar-refractivity contribution in [2.75, 3.05) is 26.9 Å². The number of fused-ring (bicyclic) bond motifs is 1. The van der Waals surface area contributed by atoms with Crippen LogP contribution in [0.25, 0.3) is 10.9 Å². The van der Waals surface area contributed by atoms with Crippen LogP contribution < -0.4 is 15.5 Å². The number of amides is 1. The lowest BCUT2D eigenvalue weighted by Crippen LogP contribution is -2.31. The first-order valence-electron chi connectivity index (χ1n) is 6.72. The number of nitrogens with one attached hydrogen (secondary N) is 2.